The number of carbonyl (C=O) groups excluding carboxylic acids is 2. The molecule has 172 valence electrons. The van der Waals surface area contributed by atoms with Gasteiger partial charge in [0.1, 0.15) is 11.5 Å². The summed E-state index contributed by atoms with van der Waals surface area (Å²) < 4.78 is 10.9. The van der Waals surface area contributed by atoms with Gasteiger partial charge < -0.3 is 20.1 Å². The molecule has 0 saturated carbocycles. The minimum Gasteiger partial charge on any atom is -0.494 e. The summed E-state index contributed by atoms with van der Waals surface area (Å²) in [5.74, 6) is 0.839. The lowest BCUT2D eigenvalue weighted by Crippen LogP contribution is -2.17. The standard InChI is InChI=1S/C28H26N2O4/c1-3-33-23-13-9-19(10-14-23)27(31)29-25-17-21-7-5-6-8-22(21)18-26(25)30-28(32)20-11-15-24(16-12-20)34-4-2/h5-18H,3-4H2,1-2H3,(H,29,31)(H,30,32). The van der Waals surface area contributed by atoms with Gasteiger partial charge in [0.15, 0.2) is 0 Å². The van der Waals surface area contributed by atoms with Gasteiger partial charge in [-0.2, -0.15) is 0 Å². The number of benzene rings is 4. The van der Waals surface area contributed by atoms with Crippen LogP contribution >= 0.6 is 0 Å². The van der Waals surface area contributed by atoms with Crippen molar-refractivity contribution in [2.45, 2.75) is 13.8 Å². The van der Waals surface area contributed by atoms with Gasteiger partial charge in [-0.05, 0) is 85.3 Å². The molecule has 6 heteroatoms. The maximum Gasteiger partial charge on any atom is 0.255 e. The van der Waals surface area contributed by atoms with Gasteiger partial charge in [-0.3, -0.25) is 9.59 Å². The van der Waals surface area contributed by atoms with Crippen molar-refractivity contribution in [3.05, 3.63) is 96.1 Å². The minimum atomic E-state index is -0.283. The third kappa shape index (κ3) is 5.35. The Bertz CT molecular complexity index is 1200. The summed E-state index contributed by atoms with van der Waals surface area (Å²) in [6.45, 7) is 4.92. The van der Waals surface area contributed by atoms with Crippen LogP contribution in [0.4, 0.5) is 11.4 Å². The molecule has 0 fully saturated rings. The number of hydrogen-bond donors (Lipinski definition) is 2. The van der Waals surface area contributed by atoms with Crippen molar-refractivity contribution >= 4 is 34.0 Å². The lowest BCUT2D eigenvalue weighted by molar-refractivity contribution is 0.101. The van der Waals surface area contributed by atoms with Crippen LogP contribution in [0.15, 0.2) is 84.9 Å². The third-order valence-corrected chi connectivity index (χ3v) is 5.24. The summed E-state index contributed by atoms with van der Waals surface area (Å²) in [5.41, 5.74) is 1.99. The molecule has 4 aromatic rings. The first kappa shape index (κ1) is 22.9. The first-order valence-electron chi connectivity index (χ1n) is 11.2. The fraction of sp³-hybridized carbons (Fsp3) is 0.143. The molecule has 0 radical (unpaired) electrons. The van der Waals surface area contributed by atoms with Gasteiger partial charge in [0.05, 0.1) is 24.6 Å². The molecule has 2 amide bonds. The zero-order valence-electron chi connectivity index (χ0n) is 19.1. The van der Waals surface area contributed by atoms with Crippen molar-refractivity contribution < 1.29 is 19.1 Å². The zero-order valence-corrected chi connectivity index (χ0v) is 19.1. The highest BCUT2D eigenvalue weighted by Crippen LogP contribution is 2.30. The smallest absolute Gasteiger partial charge is 0.255 e. The summed E-state index contributed by atoms with van der Waals surface area (Å²) in [7, 11) is 0. The molecule has 4 aromatic carbocycles. The number of rotatable bonds is 8. The van der Waals surface area contributed by atoms with Gasteiger partial charge >= 0.3 is 0 Å². The number of ether oxygens (including phenoxy) is 2. The average molecular weight is 455 g/mol. The second kappa shape index (κ2) is 10.5. The third-order valence-electron chi connectivity index (χ3n) is 5.24. The summed E-state index contributed by atoms with van der Waals surface area (Å²) in [5, 5.41) is 7.77. The second-order valence-electron chi connectivity index (χ2n) is 7.57. The average Bonchev–Trinajstić information content (AvgIpc) is 2.85. The molecule has 4 rings (SSSR count). The van der Waals surface area contributed by atoms with Crippen LogP contribution < -0.4 is 20.1 Å². The predicted octanol–water partition coefficient (Wildman–Crippen LogP) is 6.14. The first-order valence-corrected chi connectivity index (χ1v) is 11.2. The summed E-state index contributed by atoms with van der Waals surface area (Å²) >= 11 is 0. The Morgan fingerprint density at radius 2 is 1.00 bits per heavy atom. The predicted molar refractivity (Wildman–Crippen MR) is 135 cm³/mol. The highest BCUT2D eigenvalue weighted by Gasteiger charge is 2.14. The first-order chi connectivity index (χ1) is 16.6. The fourth-order valence-electron chi connectivity index (χ4n) is 3.57. The van der Waals surface area contributed by atoms with E-state index in [9.17, 15) is 9.59 Å². The van der Waals surface area contributed by atoms with Crippen molar-refractivity contribution in [1.29, 1.82) is 0 Å². The molecule has 0 aliphatic carbocycles. The van der Waals surface area contributed by atoms with Gasteiger partial charge in [0.2, 0.25) is 0 Å². The number of fused-ring (bicyclic) bond motifs is 1. The SMILES string of the molecule is CCOc1ccc(C(=O)Nc2cc3ccccc3cc2NC(=O)c2ccc(OCC)cc2)cc1. The Labute approximate surface area is 198 Å². The Morgan fingerprint density at radius 3 is 1.35 bits per heavy atom. The highest BCUT2D eigenvalue weighted by atomic mass is 16.5. The van der Waals surface area contributed by atoms with E-state index in [2.05, 4.69) is 10.6 Å². The maximum atomic E-state index is 12.9. The van der Waals surface area contributed by atoms with Gasteiger partial charge in [-0.15, -0.1) is 0 Å². The molecule has 0 aliphatic rings. The zero-order chi connectivity index (χ0) is 23.9. The van der Waals surface area contributed by atoms with Crippen LogP contribution in [0.1, 0.15) is 34.6 Å². The fourth-order valence-corrected chi connectivity index (χ4v) is 3.57. The molecule has 0 unspecified atom stereocenters. The van der Waals surface area contributed by atoms with Gasteiger partial charge in [0.25, 0.3) is 11.8 Å². The van der Waals surface area contributed by atoms with Crippen LogP contribution in [0.5, 0.6) is 11.5 Å². The lowest BCUT2D eigenvalue weighted by atomic mass is 10.1. The molecular formula is C28H26N2O4. The molecule has 0 heterocycles. The van der Waals surface area contributed by atoms with Gasteiger partial charge in [0, 0.05) is 11.1 Å². The summed E-state index contributed by atoms with van der Waals surface area (Å²) in [6, 6.07) is 25.3. The monoisotopic (exact) mass is 454 g/mol. The van der Waals surface area contributed by atoms with E-state index in [4.69, 9.17) is 9.47 Å². The number of anilines is 2. The van der Waals surface area contributed by atoms with Crippen LogP contribution in [0.2, 0.25) is 0 Å². The molecule has 0 aliphatic heterocycles. The van der Waals surface area contributed by atoms with E-state index >= 15 is 0 Å². The van der Waals surface area contributed by atoms with E-state index in [1.807, 2.05) is 50.2 Å². The normalized spacial score (nSPS) is 10.5. The van der Waals surface area contributed by atoms with E-state index in [1.165, 1.54) is 0 Å². The number of amides is 2. The van der Waals surface area contributed by atoms with Gasteiger partial charge in [-0.1, -0.05) is 24.3 Å². The van der Waals surface area contributed by atoms with Gasteiger partial charge in [-0.25, -0.2) is 0 Å². The molecule has 34 heavy (non-hydrogen) atoms. The van der Waals surface area contributed by atoms with E-state index in [0.29, 0.717) is 47.2 Å². The molecule has 0 aromatic heterocycles. The van der Waals surface area contributed by atoms with Crippen molar-refractivity contribution in [3.63, 3.8) is 0 Å². The van der Waals surface area contributed by atoms with Crippen molar-refractivity contribution in [2.75, 3.05) is 23.8 Å². The van der Waals surface area contributed by atoms with Crippen LogP contribution in [0, 0.1) is 0 Å². The minimum absolute atomic E-state index is 0.283. The van der Waals surface area contributed by atoms with Crippen LogP contribution in [0.25, 0.3) is 10.8 Å². The van der Waals surface area contributed by atoms with E-state index in [-0.39, 0.29) is 11.8 Å². The lowest BCUT2D eigenvalue weighted by Gasteiger charge is -2.15. The van der Waals surface area contributed by atoms with Crippen LogP contribution in [-0.4, -0.2) is 25.0 Å². The summed E-state index contributed by atoms with van der Waals surface area (Å²) in [6.07, 6.45) is 0. The van der Waals surface area contributed by atoms with E-state index < -0.39 is 0 Å². The number of carbonyl (C=O) groups is 2. The van der Waals surface area contributed by atoms with E-state index in [1.54, 1.807) is 48.5 Å². The molecule has 0 bridgehead atoms. The molecule has 0 saturated heterocycles. The molecular weight excluding hydrogens is 428 g/mol. The Morgan fingerprint density at radius 1 is 0.618 bits per heavy atom. The Kier molecular flexibility index (Phi) is 7.08. The molecule has 6 nitrogen and oxygen atoms in total. The summed E-state index contributed by atoms with van der Waals surface area (Å²) in [4.78, 5) is 25.9. The maximum absolute atomic E-state index is 12.9. The van der Waals surface area contributed by atoms with Crippen LogP contribution in [0.3, 0.4) is 0 Å². The van der Waals surface area contributed by atoms with Crippen molar-refractivity contribution in [1.82, 2.24) is 0 Å². The topological polar surface area (TPSA) is 76.7 Å². The second-order valence-corrected chi connectivity index (χ2v) is 7.57. The highest BCUT2D eigenvalue weighted by molar-refractivity contribution is 6.12. The van der Waals surface area contributed by atoms with Crippen LogP contribution in [-0.2, 0) is 0 Å². The largest absolute Gasteiger partial charge is 0.494 e. The van der Waals surface area contributed by atoms with Crippen molar-refractivity contribution in [2.24, 2.45) is 0 Å². The van der Waals surface area contributed by atoms with Crippen molar-refractivity contribution in [3.8, 4) is 11.5 Å². The van der Waals surface area contributed by atoms with E-state index in [0.717, 1.165) is 10.8 Å². The molecule has 0 spiro atoms. The molecule has 0 atom stereocenters. The quantitative estimate of drug-likeness (QED) is 0.335. The Balaban J connectivity index is 1.60. The number of hydrogen-bond acceptors (Lipinski definition) is 4. The Hall–Kier alpha value is -4.32. The molecule has 2 N–H and O–H groups in total. The number of nitrogens with one attached hydrogen (secondary N) is 2.